The topological polar surface area (TPSA) is 93.1 Å². The SMILES string of the molecule is O=C(NC1Cc2ccc(S(=O)(=O)NCCCn3cccn3)cc2C1)C1CCCC1. The van der Waals surface area contributed by atoms with Crippen LogP contribution in [0.4, 0.5) is 0 Å². The fraction of sp³-hybridized carbons (Fsp3) is 0.524. The average Bonchev–Trinajstić information content (AvgIpc) is 3.46. The van der Waals surface area contributed by atoms with Crippen molar-refractivity contribution < 1.29 is 13.2 Å². The second-order valence-corrected chi connectivity index (χ2v) is 9.81. The summed E-state index contributed by atoms with van der Waals surface area (Å²) in [7, 11) is -3.54. The van der Waals surface area contributed by atoms with Crippen LogP contribution < -0.4 is 10.0 Å². The molecule has 0 bridgehead atoms. The normalized spacial score (nSPS) is 19.4. The lowest BCUT2D eigenvalue weighted by Crippen LogP contribution is -2.38. The van der Waals surface area contributed by atoms with Gasteiger partial charge in [-0.3, -0.25) is 9.48 Å². The smallest absolute Gasteiger partial charge is 0.240 e. The Morgan fingerprint density at radius 2 is 1.97 bits per heavy atom. The Bertz CT molecular complexity index is 950. The molecule has 2 aliphatic rings. The molecular weight excluding hydrogens is 388 g/mol. The van der Waals surface area contributed by atoms with Gasteiger partial charge in [0, 0.05) is 37.4 Å². The van der Waals surface area contributed by atoms with E-state index < -0.39 is 10.0 Å². The van der Waals surface area contributed by atoms with Crippen molar-refractivity contribution in [3.8, 4) is 0 Å². The third-order valence-electron chi connectivity index (χ3n) is 5.91. The number of nitrogens with one attached hydrogen (secondary N) is 2. The first-order chi connectivity index (χ1) is 14.0. The number of aryl methyl sites for hydroxylation is 1. The summed E-state index contributed by atoms with van der Waals surface area (Å²) in [6.07, 6.45) is 9.94. The number of amides is 1. The molecule has 0 aliphatic heterocycles. The maximum Gasteiger partial charge on any atom is 0.240 e. The molecule has 1 amide bonds. The van der Waals surface area contributed by atoms with Crippen LogP contribution >= 0.6 is 0 Å². The second kappa shape index (κ2) is 8.67. The molecule has 2 N–H and O–H groups in total. The lowest BCUT2D eigenvalue weighted by atomic mass is 10.1. The van der Waals surface area contributed by atoms with Crippen molar-refractivity contribution in [2.24, 2.45) is 5.92 Å². The minimum absolute atomic E-state index is 0.0677. The van der Waals surface area contributed by atoms with E-state index >= 15 is 0 Å². The molecule has 1 atom stereocenters. The molecule has 2 aromatic rings. The monoisotopic (exact) mass is 416 g/mol. The van der Waals surface area contributed by atoms with E-state index in [-0.39, 0.29) is 22.8 Å². The molecule has 1 unspecified atom stereocenters. The summed E-state index contributed by atoms with van der Waals surface area (Å²) in [6.45, 7) is 1.03. The molecule has 1 aromatic carbocycles. The van der Waals surface area contributed by atoms with Gasteiger partial charge >= 0.3 is 0 Å². The maximum atomic E-state index is 12.6. The third-order valence-corrected chi connectivity index (χ3v) is 7.37. The molecule has 0 radical (unpaired) electrons. The van der Waals surface area contributed by atoms with Crippen LogP contribution in [0.1, 0.15) is 43.2 Å². The summed E-state index contributed by atoms with van der Waals surface area (Å²) in [6, 6.07) is 7.22. The highest BCUT2D eigenvalue weighted by Crippen LogP contribution is 2.28. The molecule has 0 spiro atoms. The van der Waals surface area contributed by atoms with Crippen molar-refractivity contribution in [1.82, 2.24) is 19.8 Å². The number of nitrogens with zero attached hydrogens (tertiary/aromatic N) is 2. The van der Waals surface area contributed by atoms with Crippen molar-refractivity contribution in [2.75, 3.05) is 6.54 Å². The van der Waals surface area contributed by atoms with Crippen LogP contribution in [0.15, 0.2) is 41.6 Å². The number of hydrogen-bond acceptors (Lipinski definition) is 4. The molecule has 8 heteroatoms. The van der Waals surface area contributed by atoms with Crippen LogP contribution in [0.5, 0.6) is 0 Å². The Morgan fingerprint density at radius 1 is 1.17 bits per heavy atom. The predicted molar refractivity (Wildman–Crippen MR) is 110 cm³/mol. The summed E-state index contributed by atoms with van der Waals surface area (Å²) in [4.78, 5) is 12.7. The van der Waals surface area contributed by atoms with Crippen LogP contribution in [-0.2, 0) is 34.2 Å². The molecule has 1 aromatic heterocycles. The fourth-order valence-electron chi connectivity index (χ4n) is 4.33. The number of rotatable bonds is 8. The zero-order chi connectivity index (χ0) is 20.3. The first-order valence-corrected chi connectivity index (χ1v) is 11.9. The Kier molecular flexibility index (Phi) is 6.01. The zero-order valence-electron chi connectivity index (χ0n) is 16.5. The van der Waals surface area contributed by atoms with Gasteiger partial charge in [-0.1, -0.05) is 18.9 Å². The van der Waals surface area contributed by atoms with Gasteiger partial charge in [0.1, 0.15) is 0 Å². The highest BCUT2D eigenvalue weighted by molar-refractivity contribution is 7.89. The number of carbonyl (C=O) groups is 1. The van der Waals surface area contributed by atoms with E-state index in [1.165, 1.54) is 0 Å². The van der Waals surface area contributed by atoms with E-state index in [0.717, 1.165) is 43.2 Å². The van der Waals surface area contributed by atoms with E-state index in [2.05, 4.69) is 15.1 Å². The molecule has 156 valence electrons. The molecule has 0 saturated heterocycles. The van der Waals surface area contributed by atoms with Crippen LogP contribution in [0.2, 0.25) is 0 Å². The number of sulfonamides is 1. The van der Waals surface area contributed by atoms with Crippen LogP contribution in [-0.4, -0.2) is 36.7 Å². The summed E-state index contributed by atoms with van der Waals surface area (Å²) in [5, 5.41) is 7.28. The molecule has 29 heavy (non-hydrogen) atoms. The van der Waals surface area contributed by atoms with Gasteiger partial charge in [0.05, 0.1) is 4.90 Å². The largest absolute Gasteiger partial charge is 0.352 e. The van der Waals surface area contributed by atoms with Crippen molar-refractivity contribution in [1.29, 1.82) is 0 Å². The Labute approximate surface area is 171 Å². The van der Waals surface area contributed by atoms with Crippen LogP contribution in [0, 0.1) is 5.92 Å². The number of carbonyl (C=O) groups excluding carboxylic acids is 1. The van der Waals surface area contributed by atoms with Crippen LogP contribution in [0.3, 0.4) is 0 Å². The van der Waals surface area contributed by atoms with Gasteiger partial charge in [0.25, 0.3) is 0 Å². The van der Waals surface area contributed by atoms with E-state index in [0.29, 0.717) is 25.9 Å². The van der Waals surface area contributed by atoms with Crippen molar-refractivity contribution >= 4 is 15.9 Å². The molecule has 7 nitrogen and oxygen atoms in total. The van der Waals surface area contributed by atoms with E-state index in [9.17, 15) is 13.2 Å². The Morgan fingerprint density at radius 3 is 2.72 bits per heavy atom. The highest BCUT2D eigenvalue weighted by atomic mass is 32.2. The van der Waals surface area contributed by atoms with E-state index in [4.69, 9.17) is 0 Å². The standard InChI is InChI=1S/C21H28N4O3S/c26-21(16-5-1-2-6-16)24-19-13-17-7-8-20(15-18(17)14-19)29(27,28)23-10-4-12-25-11-3-9-22-25/h3,7-9,11,15-16,19,23H,1-2,4-6,10,12-14H2,(H,24,26). The van der Waals surface area contributed by atoms with Gasteiger partial charge in [0.2, 0.25) is 15.9 Å². The molecule has 1 saturated carbocycles. The minimum atomic E-state index is -3.54. The van der Waals surface area contributed by atoms with Gasteiger partial charge in [-0.05, 0) is 61.4 Å². The molecule has 4 rings (SSSR count). The van der Waals surface area contributed by atoms with E-state index in [1.54, 1.807) is 23.0 Å². The number of hydrogen-bond donors (Lipinski definition) is 2. The van der Waals surface area contributed by atoms with Crippen molar-refractivity contribution in [3.63, 3.8) is 0 Å². The van der Waals surface area contributed by atoms with Crippen LogP contribution in [0.25, 0.3) is 0 Å². The Hall–Kier alpha value is -2.19. The lowest BCUT2D eigenvalue weighted by Gasteiger charge is -2.15. The summed E-state index contributed by atoms with van der Waals surface area (Å²) >= 11 is 0. The molecule has 1 heterocycles. The number of aromatic nitrogens is 2. The van der Waals surface area contributed by atoms with Crippen molar-refractivity contribution in [2.45, 2.75) is 62.4 Å². The summed E-state index contributed by atoms with van der Waals surface area (Å²) < 4.78 is 29.7. The molecular formula is C21H28N4O3S. The van der Waals surface area contributed by atoms with Gasteiger partial charge in [-0.25, -0.2) is 13.1 Å². The Balaban J connectivity index is 1.32. The third kappa shape index (κ3) is 4.87. The first-order valence-electron chi connectivity index (χ1n) is 10.4. The second-order valence-electron chi connectivity index (χ2n) is 8.05. The minimum Gasteiger partial charge on any atom is -0.352 e. The highest BCUT2D eigenvalue weighted by Gasteiger charge is 2.28. The van der Waals surface area contributed by atoms with E-state index in [1.807, 2.05) is 18.3 Å². The quantitative estimate of drug-likeness (QED) is 0.644. The fourth-order valence-corrected chi connectivity index (χ4v) is 5.46. The lowest BCUT2D eigenvalue weighted by molar-refractivity contribution is -0.125. The summed E-state index contributed by atoms with van der Waals surface area (Å²) in [5.41, 5.74) is 2.14. The number of benzene rings is 1. The van der Waals surface area contributed by atoms with Gasteiger partial charge in [-0.15, -0.1) is 0 Å². The molecule has 2 aliphatic carbocycles. The maximum absolute atomic E-state index is 12.6. The average molecular weight is 417 g/mol. The van der Waals surface area contributed by atoms with Gasteiger partial charge in [0.15, 0.2) is 0 Å². The number of fused-ring (bicyclic) bond motifs is 1. The molecule has 1 fully saturated rings. The zero-order valence-corrected chi connectivity index (χ0v) is 17.3. The van der Waals surface area contributed by atoms with Gasteiger partial charge < -0.3 is 5.32 Å². The van der Waals surface area contributed by atoms with Gasteiger partial charge in [-0.2, -0.15) is 5.10 Å². The summed E-state index contributed by atoms with van der Waals surface area (Å²) in [5.74, 6) is 0.313. The first kappa shape index (κ1) is 20.1. The van der Waals surface area contributed by atoms with Crippen molar-refractivity contribution in [3.05, 3.63) is 47.8 Å². The predicted octanol–water partition coefficient (Wildman–Crippen LogP) is 2.03.